The summed E-state index contributed by atoms with van der Waals surface area (Å²) < 4.78 is 10.5. The van der Waals surface area contributed by atoms with Gasteiger partial charge in [-0.25, -0.2) is 14.8 Å². The van der Waals surface area contributed by atoms with Crippen molar-refractivity contribution in [1.82, 2.24) is 9.97 Å². The molecule has 0 radical (unpaired) electrons. The standard InChI is InChI=1S/C19H18N2O3/c1-2-23-18(22)9-8-14-12-20-19(21-13-14)24-17-10-16(11-17)15-6-4-3-5-7-15/h3-7,12-13,16-17H,2,10-11H2,1H3. The third-order valence-corrected chi connectivity index (χ3v) is 3.85. The lowest BCUT2D eigenvalue weighted by Crippen LogP contribution is -2.32. The number of ether oxygens (including phenoxy) is 2. The zero-order valence-corrected chi connectivity index (χ0v) is 13.4. The van der Waals surface area contributed by atoms with E-state index in [9.17, 15) is 4.79 Å². The summed E-state index contributed by atoms with van der Waals surface area (Å²) in [6.07, 6.45) is 5.17. The fourth-order valence-electron chi connectivity index (χ4n) is 2.54. The van der Waals surface area contributed by atoms with E-state index in [4.69, 9.17) is 9.47 Å². The highest BCUT2D eigenvalue weighted by Crippen LogP contribution is 2.38. The van der Waals surface area contributed by atoms with Crippen LogP contribution in [0.25, 0.3) is 0 Å². The summed E-state index contributed by atoms with van der Waals surface area (Å²) in [5.41, 5.74) is 1.90. The van der Waals surface area contributed by atoms with Crippen molar-refractivity contribution < 1.29 is 14.3 Å². The Bertz CT molecular complexity index is 742. The molecule has 1 aliphatic carbocycles. The van der Waals surface area contributed by atoms with E-state index in [2.05, 4.69) is 46.1 Å². The lowest BCUT2D eigenvalue weighted by atomic mass is 9.77. The number of carbonyl (C=O) groups is 1. The minimum absolute atomic E-state index is 0.145. The van der Waals surface area contributed by atoms with E-state index in [0.29, 0.717) is 24.1 Å². The molecule has 1 saturated carbocycles. The third kappa shape index (κ3) is 4.11. The molecule has 0 unspecified atom stereocenters. The summed E-state index contributed by atoms with van der Waals surface area (Å²) in [4.78, 5) is 19.4. The van der Waals surface area contributed by atoms with Crippen LogP contribution in [0.2, 0.25) is 0 Å². The normalized spacial score (nSPS) is 18.7. The molecule has 0 atom stereocenters. The molecule has 5 nitrogen and oxygen atoms in total. The Morgan fingerprint density at radius 3 is 2.58 bits per heavy atom. The smallest absolute Gasteiger partial charge is 0.384 e. The fourth-order valence-corrected chi connectivity index (χ4v) is 2.54. The van der Waals surface area contributed by atoms with Crippen molar-refractivity contribution in [1.29, 1.82) is 0 Å². The van der Waals surface area contributed by atoms with Crippen molar-refractivity contribution in [2.45, 2.75) is 31.8 Å². The minimum Gasteiger partial charge on any atom is -0.460 e. The van der Waals surface area contributed by atoms with Crippen LogP contribution in [-0.2, 0) is 9.53 Å². The second-order valence-electron chi connectivity index (χ2n) is 5.54. The molecule has 24 heavy (non-hydrogen) atoms. The van der Waals surface area contributed by atoms with Crippen LogP contribution < -0.4 is 4.74 Å². The van der Waals surface area contributed by atoms with Gasteiger partial charge >= 0.3 is 12.0 Å². The van der Waals surface area contributed by atoms with E-state index in [0.717, 1.165) is 12.8 Å². The number of hydrogen-bond acceptors (Lipinski definition) is 5. The first kappa shape index (κ1) is 16.0. The molecule has 1 heterocycles. The van der Waals surface area contributed by atoms with Gasteiger partial charge in [-0.3, -0.25) is 0 Å². The largest absolute Gasteiger partial charge is 0.460 e. The van der Waals surface area contributed by atoms with Crippen molar-refractivity contribution in [3.8, 4) is 17.9 Å². The first-order valence-corrected chi connectivity index (χ1v) is 7.97. The van der Waals surface area contributed by atoms with Crippen molar-refractivity contribution in [3.63, 3.8) is 0 Å². The maximum atomic E-state index is 11.2. The van der Waals surface area contributed by atoms with E-state index in [-0.39, 0.29) is 6.10 Å². The Morgan fingerprint density at radius 1 is 1.21 bits per heavy atom. The monoisotopic (exact) mass is 322 g/mol. The van der Waals surface area contributed by atoms with Crippen LogP contribution in [-0.4, -0.2) is 28.6 Å². The molecule has 0 saturated heterocycles. The number of hydrogen-bond donors (Lipinski definition) is 0. The Balaban J connectivity index is 1.50. The predicted molar refractivity (Wildman–Crippen MR) is 88.4 cm³/mol. The molecule has 0 aliphatic heterocycles. The zero-order chi connectivity index (χ0) is 16.8. The molecule has 0 N–H and O–H groups in total. The summed E-state index contributed by atoms with van der Waals surface area (Å²) in [6, 6.07) is 10.8. The molecular weight excluding hydrogens is 304 g/mol. The molecule has 122 valence electrons. The van der Waals surface area contributed by atoms with Gasteiger partial charge in [0.15, 0.2) is 0 Å². The van der Waals surface area contributed by atoms with Gasteiger partial charge in [0.25, 0.3) is 0 Å². The number of esters is 1. The fraction of sp³-hybridized carbons (Fsp3) is 0.316. The Kier molecular flexibility index (Phi) is 5.07. The SMILES string of the molecule is CCOC(=O)C#Cc1cnc(OC2CC(c3ccccc3)C2)nc1. The number of nitrogens with zero attached hydrogens (tertiary/aromatic N) is 2. The predicted octanol–water partition coefficient (Wildman–Crippen LogP) is 2.72. The zero-order valence-electron chi connectivity index (χ0n) is 13.4. The number of benzene rings is 1. The molecule has 0 spiro atoms. The first-order chi connectivity index (χ1) is 11.7. The van der Waals surface area contributed by atoms with Crippen molar-refractivity contribution in [2.24, 2.45) is 0 Å². The van der Waals surface area contributed by atoms with Crippen LogP contribution in [0.5, 0.6) is 6.01 Å². The summed E-state index contributed by atoms with van der Waals surface area (Å²) in [5, 5.41) is 0. The van der Waals surface area contributed by atoms with Crippen molar-refractivity contribution in [3.05, 3.63) is 53.9 Å². The van der Waals surface area contributed by atoms with Crippen LogP contribution in [0, 0.1) is 11.8 Å². The van der Waals surface area contributed by atoms with Gasteiger partial charge in [0.1, 0.15) is 6.10 Å². The molecule has 0 bridgehead atoms. The van der Waals surface area contributed by atoms with Crippen LogP contribution in [0.4, 0.5) is 0 Å². The van der Waals surface area contributed by atoms with Crippen molar-refractivity contribution in [2.75, 3.05) is 6.61 Å². The lowest BCUT2D eigenvalue weighted by molar-refractivity contribution is -0.136. The van der Waals surface area contributed by atoms with Gasteiger partial charge in [-0.1, -0.05) is 36.3 Å². The molecule has 3 rings (SSSR count). The average molecular weight is 322 g/mol. The van der Waals surface area contributed by atoms with E-state index in [1.165, 1.54) is 5.56 Å². The van der Waals surface area contributed by atoms with Crippen LogP contribution >= 0.6 is 0 Å². The van der Waals surface area contributed by atoms with Crippen molar-refractivity contribution >= 4 is 5.97 Å². The molecule has 1 aromatic heterocycles. The minimum atomic E-state index is -0.556. The van der Waals surface area contributed by atoms with Crippen LogP contribution in [0.3, 0.4) is 0 Å². The van der Waals surface area contributed by atoms with Gasteiger partial charge in [0, 0.05) is 18.3 Å². The van der Waals surface area contributed by atoms with Gasteiger partial charge in [-0.2, -0.15) is 0 Å². The first-order valence-electron chi connectivity index (χ1n) is 7.97. The summed E-state index contributed by atoms with van der Waals surface area (Å²) in [6.45, 7) is 2.04. The Hall–Kier alpha value is -2.87. The van der Waals surface area contributed by atoms with E-state index in [1.54, 1.807) is 19.3 Å². The highest BCUT2D eigenvalue weighted by atomic mass is 16.5. The maximum absolute atomic E-state index is 11.2. The molecule has 0 amide bonds. The molecule has 1 fully saturated rings. The lowest BCUT2D eigenvalue weighted by Gasteiger charge is -2.34. The summed E-state index contributed by atoms with van der Waals surface area (Å²) >= 11 is 0. The molecule has 2 aromatic rings. The number of aromatic nitrogens is 2. The van der Waals surface area contributed by atoms with Gasteiger partial charge < -0.3 is 9.47 Å². The van der Waals surface area contributed by atoms with Crippen LogP contribution in [0.1, 0.15) is 36.8 Å². The van der Waals surface area contributed by atoms with E-state index < -0.39 is 5.97 Å². The highest BCUT2D eigenvalue weighted by Gasteiger charge is 2.32. The molecule has 1 aliphatic rings. The summed E-state index contributed by atoms with van der Waals surface area (Å²) in [7, 11) is 0. The molecule has 5 heteroatoms. The quantitative estimate of drug-likeness (QED) is 0.640. The highest BCUT2D eigenvalue weighted by molar-refractivity contribution is 5.89. The van der Waals surface area contributed by atoms with Crippen LogP contribution in [0.15, 0.2) is 42.7 Å². The average Bonchev–Trinajstić information content (AvgIpc) is 2.58. The van der Waals surface area contributed by atoms with Gasteiger partial charge in [-0.15, -0.1) is 0 Å². The topological polar surface area (TPSA) is 61.3 Å². The second kappa shape index (κ2) is 7.60. The van der Waals surface area contributed by atoms with Gasteiger partial charge in [0.2, 0.25) is 0 Å². The number of carbonyl (C=O) groups excluding carboxylic acids is 1. The molecule has 1 aromatic carbocycles. The molecular formula is C19H18N2O3. The number of rotatable bonds is 4. The maximum Gasteiger partial charge on any atom is 0.384 e. The van der Waals surface area contributed by atoms with Gasteiger partial charge in [0.05, 0.1) is 12.2 Å². The van der Waals surface area contributed by atoms with Gasteiger partial charge in [-0.05, 0) is 31.2 Å². The Morgan fingerprint density at radius 2 is 1.92 bits per heavy atom. The third-order valence-electron chi connectivity index (χ3n) is 3.85. The van der Waals surface area contributed by atoms with E-state index in [1.807, 2.05) is 6.07 Å². The Labute approximate surface area is 141 Å². The van der Waals surface area contributed by atoms with E-state index >= 15 is 0 Å². The summed E-state index contributed by atoms with van der Waals surface area (Å²) in [5.74, 6) is 5.03. The second-order valence-corrected chi connectivity index (χ2v) is 5.54.